The van der Waals surface area contributed by atoms with Crippen molar-refractivity contribution in [3.05, 3.63) is 107 Å². The third kappa shape index (κ3) is 5.25. The number of Topliss-reactive ketones (excluding diaryl/α,β-unsaturated/α-hetero) is 2. The van der Waals surface area contributed by atoms with Crippen LogP contribution < -0.4 is 0 Å². The van der Waals surface area contributed by atoms with Gasteiger partial charge in [0.15, 0.2) is 17.2 Å². The Labute approximate surface area is 205 Å². The molecule has 0 amide bonds. The number of unbranched alkanes of at least 4 members (excludes halogenated alkanes) is 4. The first-order valence-electron chi connectivity index (χ1n) is 12.2. The largest absolute Gasteiger partial charge is 0.441 e. The Morgan fingerprint density at radius 1 is 0.714 bits per heavy atom. The minimum absolute atomic E-state index is 0.0876. The molecular weight excluding hydrogens is 440 g/mol. The van der Waals surface area contributed by atoms with E-state index in [1.165, 1.54) is 0 Å². The molecule has 5 nitrogen and oxygen atoms in total. The van der Waals surface area contributed by atoms with E-state index in [1.807, 2.05) is 72.8 Å². The second kappa shape index (κ2) is 11.2. The van der Waals surface area contributed by atoms with Crippen LogP contribution in [0.5, 0.6) is 0 Å². The fraction of sp³-hybridized carbons (Fsp3) is 0.300. The van der Waals surface area contributed by atoms with E-state index in [1.54, 1.807) is 6.07 Å². The van der Waals surface area contributed by atoms with Crippen molar-refractivity contribution in [1.29, 1.82) is 0 Å². The summed E-state index contributed by atoms with van der Waals surface area (Å²) in [6.45, 7) is -0.380. The summed E-state index contributed by atoms with van der Waals surface area (Å²) in [5, 5.41) is 8.74. The van der Waals surface area contributed by atoms with Gasteiger partial charge >= 0.3 is 5.97 Å². The molecule has 1 aliphatic rings. The molecule has 0 spiro atoms. The molecule has 180 valence electrons. The van der Waals surface area contributed by atoms with E-state index in [9.17, 15) is 14.4 Å². The van der Waals surface area contributed by atoms with Gasteiger partial charge in [0.05, 0.1) is 5.56 Å². The van der Waals surface area contributed by atoms with Gasteiger partial charge in [0.25, 0.3) is 0 Å². The van der Waals surface area contributed by atoms with Crippen molar-refractivity contribution >= 4 is 17.5 Å². The molecule has 5 heteroatoms. The van der Waals surface area contributed by atoms with Crippen LogP contribution >= 0.6 is 0 Å². The number of benzene rings is 3. The maximum Gasteiger partial charge on any atom is 0.340 e. The van der Waals surface area contributed by atoms with E-state index in [2.05, 4.69) is 0 Å². The standard InChI is InChI=1S/C30H30O5/c31-21-25(32)13-7-2-1-3-8-16-28(33)22-17-19-24(20-18-22)30(23-11-5-4-6-12-23)27-15-10-9-14-26(27)29(34)35-30/h4-6,9-12,14-15,17-20,31H,1-3,7-8,13,16,21H2. The summed E-state index contributed by atoms with van der Waals surface area (Å²) < 4.78 is 6.07. The van der Waals surface area contributed by atoms with Crippen molar-refractivity contribution in [2.75, 3.05) is 6.61 Å². The van der Waals surface area contributed by atoms with Crippen LogP contribution in [0.1, 0.15) is 82.4 Å². The zero-order chi connectivity index (χ0) is 24.7. The van der Waals surface area contributed by atoms with E-state index >= 15 is 0 Å². The van der Waals surface area contributed by atoms with Gasteiger partial charge in [-0.1, -0.05) is 92.1 Å². The molecule has 0 aromatic heterocycles. The smallest absolute Gasteiger partial charge is 0.340 e. The molecule has 0 aliphatic carbocycles. The predicted molar refractivity (Wildman–Crippen MR) is 133 cm³/mol. The molecule has 0 radical (unpaired) electrons. The average Bonchev–Trinajstić information content (AvgIpc) is 3.21. The number of hydrogen-bond donors (Lipinski definition) is 1. The predicted octanol–water partition coefficient (Wildman–Crippen LogP) is 5.62. The van der Waals surface area contributed by atoms with Gasteiger partial charge in [0, 0.05) is 35.1 Å². The lowest BCUT2D eigenvalue weighted by Gasteiger charge is -2.30. The second-order valence-electron chi connectivity index (χ2n) is 8.95. The lowest BCUT2D eigenvalue weighted by Crippen LogP contribution is -2.29. The van der Waals surface area contributed by atoms with Crippen LogP contribution in [0.15, 0.2) is 78.9 Å². The van der Waals surface area contributed by atoms with Crippen LogP contribution in [0.2, 0.25) is 0 Å². The van der Waals surface area contributed by atoms with Gasteiger partial charge in [-0.2, -0.15) is 0 Å². The number of carbonyl (C=O) groups excluding carboxylic acids is 3. The molecule has 0 saturated heterocycles. The van der Waals surface area contributed by atoms with Gasteiger partial charge < -0.3 is 9.84 Å². The molecule has 1 heterocycles. The number of aliphatic hydroxyl groups is 1. The van der Waals surface area contributed by atoms with E-state index in [0.29, 0.717) is 24.0 Å². The Morgan fingerprint density at radius 2 is 1.31 bits per heavy atom. The molecule has 4 rings (SSSR count). The van der Waals surface area contributed by atoms with Crippen molar-refractivity contribution in [1.82, 2.24) is 0 Å². The summed E-state index contributed by atoms with van der Waals surface area (Å²) in [5.41, 5.74) is 2.61. The summed E-state index contributed by atoms with van der Waals surface area (Å²) in [5.74, 6) is -0.386. The Morgan fingerprint density at radius 3 is 2.03 bits per heavy atom. The van der Waals surface area contributed by atoms with Crippen molar-refractivity contribution in [2.45, 2.75) is 50.5 Å². The second-order valence-corrected chi connectivity index (χ2v) is 8.95. The van der Waals surface area contributed by atoms with Gasteiger partial charge in [-0.25, -0.2) is 4.79 Å². The molecule has 35 heavy (non-hydrogen) atoms. The highest BCUT2D eigenvalue weighted by atomic mass is 16.6. The van der Waals surface area contributed by atoms with Crippen molar-refractivity contribution < 1.29 is 24.2 Å². The van der Waals surface area contributed by atoms with Crippen LogP contribution in [0.4, 0.5) is 0 Å². The number of carbonyl (C=O) groups is 3. The van der Waals surface area contributed by atoms with Crippen LogP contribution in [0.3, 0.4) is 0 Å². The normalized spacial score (nSPS) is 16.5. The summed E-state index contributed by atoms with van der Waals surface area (Å²) in [4.78, 5) is 36.6. The van der Waals surface area contributed by atoms with E-state index in [4.69, 9.17) is 9.84 Å². The van der Waals surface area contributed by atoms with Crippen molar-refractivity contribution in [3.63, 3.8) is 0 Å². The minimum atomic E-state index is -1.05. The van der Waals surface area contributed by atoms with Gasteiger partial charge in [-0.15, -0.1) is 0 Å². The maximum atomic E-state index is 12.8. The molecule has 0 bridgehead atoms. The first-order valence-corrected chi connectivity index (χ1v) is 12.2. The number of aliphatic hydroxyl groups excluding tert-OH is 1. The molecular formula is C30H30O5. The molecule has 3 aromatic rings. The monoisotopic (exact) mass is 470 g/mol. The summed E-state index contributed by atoms with van der Waals surface area (Å²) >= 11 is 0. The highest BCUT2D eigenvalue weighted by molar-refractivity contribution is 5.97. The number of rotatable bonds is 12. The Balaban J connectivity index is 1.45. The van der Waals surface area contributed by atoms with Gasteiger partial charge in [0.1, 0.15) is 6.61 Å². The zero-order valence-electron chi connectivity index (χ0n) is 19.7. The van der Waals surface area contributed by atoms with Gasteiger partial charge in [-0.05, 0) is 18.9 Å². The summed E-state index contributed by atoms with van der Waals surface area (Å²) in [7, 11) is 0. The van der Waals surface area contributed by atoms with Crippen molar-refractivity contribution in [2.24, 2.45) is 0 Å². The third-order valence-electron chi connectivity index (χ3n) is 6.60. The molecule has 3 aromatic carbocycles. The highest BCUT2D eigenvalue weighted by Gasteiger charge is 2.48. The van der Waals surface area contributed by atoms with E-state index < -0.39 is 5.60 Å². The fourth-order valence-electron chi connectivity index (χ4n) is 4.74. The fourth-order valence-corrected chi connectivity index (χ4v) is 4.74. The van der Waals surface area contributed by atoms with Crippen LogP contribution in [0, 0.1) is 0 Å². The number of cyclic esters (lactones) is 1. The number of fused-ring (bicyclic) bond motifs is 1. The SMILES string of the molecule is O=C(CO)CCCCCCCC(=O)c1ccc(C2(c3ccccc3)OC(=O)c3ccccc32)cc1. The van der Waals surface area contributed by atoms with Gasteiger partial charge in [-0.3, -0.25) is 9.59 Å². The minimum Gasteiger partial charge on any atom is -0.441 e. The van der Waals surface area contributed by atoms with E-state index in [-0.39, 0.29) is 24.1 Å². The zero-order valence-corrected chi connectivity index (χ0v) is 19.7. The van der Waals surface area contributed by atoms with Crippen LogP contribution in [0.25, 0.3) is 0 Å². The molecule has 1 N–H and O–H groups in total. The van der Waals surface area contributed by atoms with Gasteiger partial charge in [0.2, 0.25) is 0 Å². The third-order valence-corrected chi connectivity index (χ3v) is 6.60. The molecule has 1 aliphatic heterocycles. The summed E-state index contributed by atoms with van der Waals surface area (Å²) in [6.07, 6.45) is 5.30. The number of esters is 1. The number of ether oxygens (including phenoxy) is 1. The van der Waals surface area contributed by atoms with Crippen molar-refractivity contribution in [3.8, 4) is 0 Å². The Bertz CT molecular complexity index is 1180. The lowest BCUT2D eigenvalue weighted by molar-refractivity contribution is -0.121. The quantitative estimate of drug-likeness (QED) is 0.211. The number of hydrogen-bond acceptors (Lipinski definition) is 5. The molecule has 1 unspecified atom stereocenters. The average molecular weight is 471 g/mol. The van der Waals surface area contributed by atoms with E-state index in [0.717, 1.165) is 48.8 Å². The van der Waals surface area contributed by atoms with Crippen LogP contribution in [-0.4, -0.2) is 29.2 Å². The Kier molecular flexibility index (Phi) is 7.88. The molecule has 1 atom stereocenters. The molecule has 0 saturated carbocycles. The molecule has 0 fully saturated rings. The first kappa shape index (κ1) is 24.6. The Hall–Kier alpha value is -3.57. The summed E-state index contributed by atoms with van der Waals surface area (Å²) in [6, 6.07) is 24.5. The first-order chi connectivity index (χ1) is 17.1. The highest BCUT2D eigenvalue weighted by Crippen LogP contribution is 2.46. The number of ketones is 2. The van der Waals surface area contributed by atoms with Crippen LogP contribution in [-0.2, 0) is 15.1 Å². The maximum absolute atomic E-state index is 12.8. The lowest BCUT2D eigenvalue weighted by atomic mass is 9.79. The topological polar surface area (TPSA) is 80.7 Å².